The van der Waals surface area contributed by atoms with Gasteiger partial charge in [0.25, 0.3) is 0 Å². The van der Waals surface area contributed by atoms with Crippen LogP contribution in [0.4, 0.5) is 17.6 Å². The molecular formula is C22H16F4O7. The quantitative estimate of drug-likeness (QED) is 0.344. The van der Waals surface area contributed by atoms with Gasteiger partial charge < -0.3 is 24.1 Å². The van der Waals surface area contributed by atoms with Crippen LogP contribution >= 0.6 is 0 Å². The fourth-order valence-electron chi connectivity index (χ4n) is 3.95. The summed E-state index contributed by atoms with van der Waals surface area (Å²) in [5, 5.41) is 20.0. The normalized spacial score (nSPS) is 22.5. The number of carbonyl (C=O) groups is 1. The second-order valence-corrected chi connectivity index (χ2v) is 7.37. The number of aromatic hydroxyl groups is 1. The number of esters is 1. The topological polar surface area (TPSA) is 106 Å². The standard InChI is InChI=1S/C22H16F4O7/c1-2-31-20(29)17-15(10-3-6-12(27)7-4-10)16-18(33-21(17,30)22(24,25)26)13-9-11(23)5-8-14(13)32-19(16)28/h3-9,15,17,27,30H,2H2,1H3. The largest absolute Gasteiger partial charge is 0.508 e. The average molecular weight is 468 g/mol. The molecule has 1 aromatic heterocycles. The van der Waals surface area contributed by atoms with Gasteiger partial charge in [-0.05, 0) is 42.8 Å². The van der Waals surface area contributed by atoms with Crippen molar-refractivity contribution in [3.63, 3.8) is 0 Å². The highest BCUT2D eigenvalue weighted by Crippen LogP contribution is 2.53. The molecule has 0 radical (unpaired) electrons. The number of phenolic OH excluding ortho intramolecular Hbond substituents is 1. The molecule has 0 saturated carbocycles. The predicted molar refractivity (Wildman–Crippen MR) is 104 cm³/mol. The number of phenols is 1. The number of rotatable bonds is 3. The van der Waals surface area contributed by atoms with E-state index in [0.717, 1.165) is 30.3 Å². The Balaban J connectivity index is 2.13. The van der Waals surface area contributed by atoms with Crippen LogP contribution in [-0.2, 0) is 9.53 Å². The zero-order chi connectivity index (χ0) is 24.1. The number of hydrogen-bond donors (Lipinski definition) is 2. The van der Waals surface area contributed by atoms with Crippen LogP contribution in [-0.4, -0.2) is 34.8 Å². The van der Waals surface area contributed by atoms with E-state index in [-0.39, 0.29) is 28.9 Å². The minimum atomic E-state index is -5.53. The van der Waals surface area contributed by atoms with Gasteiger partial charge in [0.1, 0.15) is 28.8 Å². The molecule has 4 rings (SSSR count). The molecule has 11 heteroatoms. The summed E-state index contributed by atoms with van der Waals surface area (Å²) >= 11 is 0. The first-order chi connectivity index (χ1) is 15.5. The molecule has 0 saturated heterocycles. The maximum absolute atomic E-state index is 14.2. The van der Waals surface area contributed by atoms with Crippen molar-refractivity contribution >= 4 is 16.9 Å². The smallest absolute Gasteiger partial charge is 0.456 e. The van der Waals surface area contributed by atoms with Crippen LogP contribution in [0.2, 0.25) is 0 Å². The van der Waals surface area contributed by atoms with E-state index >= 15 is 0 Å². The summed E-state index contributed by atoms with van der Waals surface area (Å²) in [4.78, 5) is 25.6. The zero-order valence-corrected chi connectivity index (χ0v) is 16.9. The summed E-state index contributed by atoms with van der Waals surface area (Å²) in [6, 6.07) is 7.33. The highest BCUT2D eigenvalue weighted by molar-refractivity contribution is 5.87. The van der Waals surface area contributed by atoms with Gasteiger partial charge in [-0.2, -0.15) is 13.2 Å². The third-order valence-corrected chi connectivity index (χ3v) is 5.38. The maximum atomic E-state index is 14.2. The van der Waals surface area contributed by atoms with Crippen molar-refractivity contribution in [3.05, 3.63) is 69.8 Å². The van der Waals surface area contributed by atoms with Gasteiger partial charge >= 0.3 is 23.6 Å². The van der Waals surface area contributed by atoms with Crippen LogP contribution in [0, 0.1) is 11.7 Å². The Bertz CT molecular complexity index is 1280. The first-order valence-corrected chi connectivity index (χ1v) is 9.68. The fraction of sp³-hybridized carbons (Fsp3) is 0.273. The average Bonchev–Trinajstić information content (AvgIpc) is 2.73. The molecule has 1 aliphatic rings. The van der Waals surface area contributed by atoms with Crippen molar-refractivity contribution in [2.45, 2.75) is 24.8 Å². The summed E-state index contributed by atoms with van der Waals surface area (Å²) in [6.07, 6.45) is -5.53. The molecule has 33 heavy (non-hydrogen) atoms. The van der Waals surface area contributed by atoms with Crippen LogP contribution < -0.4 is 10.4 Å². The van der Waals surface area contributed by atoms with Crippen LogP contribution in [0.5, 0.6) is 11.5 Å². The summed E-state index contributed by atoms with van der Waals surface area (Å²) in [6.45, 7) is 1.03. The lowest BCUT2D eigenvalue weighted by Gasteiger charge is -2.43. The molecule has 0 amide bonds. The molecule has 2 N–H and O–H groups in total. The van der Waals surface area contributed by atoms with Crippen LogP contribution in [0.15, 0.2) is 51.7 Å². The summed E-state index contributed by atoms with van der Waals surface area (Å²) in [5.74, 6) is -11.8. The molecule has 3 aromatic rings. The maximum Gasteiger partial charge on any atom is 0.456 e. The lowest BCUT2D eigenvalue weighted by atomic mass is 9.74. The third-order valence-electron chi connectivity index (χ3n) is 5.38. The first-order valence-electron chi connectivity index (χ1n) is 9.68. The SMILES string of the molecule is CCOC(=O)C1C(c2ccc(O)cc2)c2c(c3cc(F)ccc3oc2=O)OC1(O)C(F)(F)F. The second-order valence-electron chi connectivity index (χ2n) is 7.37. The van der Waals surface area contributed by atoms with E-state index in [1.54, 1.807) is 0 Å². The van der Waals surface area contributed by atoms with Gasteiger partial charge in [0, 0.05) is 5.92 Å². The molecule has 1 aliphatic heterocycles. The Hall–Kier alpha value is -3.60. The third kappa shape index (κ3) is 3.58. The van der Waals surface area contributed by atoms with Crippen LogP contribution in [0.1, 0.15) is 24.0 Å². The Morgan fingerprint density at radius 3 is 2.45 bits per heavy atom. The first kappa shape index (κ1) is 22.6. The van der Waals surface area contributed by atoms with E-state index in [1.807, 2.05) is 0 Å². The Labute approximate surface area is 182 Å². The van der Waals surface area contributed by atoms with E-state index in [9.17, 15) is 37.4 Å². The number of alkyl halides is 3. The fourth-order valence-corrected chi connectivity index (χ4v) is 3.95. The molecule has 174 valence electrons. The van der Waals surface area contributed by atoms with Gasteiger partial charge in [0.05, 0.1) is 17.6 Å². The Kier molecular flexibility index (Phi) is 5.32. The van der Waals surface area contributed by atoms with Gasteiger partial charge in [-0.25, -0.2) is 9.18 Å². The number of fused-ring (bicyclic) bond motifs is 3. The molecule has 3 atom stereocenters. The van der Waals surface area contributed by atoms with Gasteiger partial charge in [-0.1, -0.05) is 12.1 Å². The molecule has 2 aromatic carbocycles. The number of ether oxygens (including phenoxy) is 2. The van der Waals surface area contributed by atoms with Crippen molar-refractivity contribution in [1.82, 2.24) is 0 Å². The van der Waals surface area contributed by atoms with Gasteiger partial charge in [-0.3, -0.25) is 4.79 Å². The summed E-state index contributed by atoms with van der Waals surface area (Å²) in [7, 11) is 0. The Morgan fingerprint density at radius 1 is 1.18 bits per heavy atom. The number of halogens is 4. The van der Waals surface area contributed by atoms with Crippen molar-refractivity contribution in [3.8, 4) is 11.5 Å². The molecule has 3 unspecified atom stereocenters. The van der Waals surface area contributed by atoms with E-state index in [4.69, 9.17) is 13.9 Å². The monoisotopic (exact) mass is 468 g/mol. The minimum absolute atomic E-state index is 0.0545. The number of benzene rings is 2. The molecule has 0 spiro atoms. The summed E-state index contributed by atoms with van der Waals surface area (Å²) < 4.78 is 71.5. The van der Waals surface area contributed by atoms with E-state index in [2.05, 4.69) is 0 Å². The number of carbonyl (C=O) groups excluding carboxylic acids is 1. The van der Waals surface area contributed by atoms with Crippen molar-refractivity contribution < 1.29 is 46.5 Å². The molecule has 0 fully saturated rings. The van der Waals surface area contributed by atoms with E-state index < -0.39 is 52.5 Å². The molecule has 0 bridgehead atoms. The Morgan fingerprint density at radius 2 is 1.85 bits per heavy atom. The van der Waals surface area contributed by atoms with Gasteiger partial charge in [0.15, 0.2) is 0 Å². The lowest BCUT2D eigenvalue weighted by Crippen LogP contribution is -2.62. The highest BCUT2D eigenvalue weighted by Gasteiger charge is 2.69. The summed E-state index contributed by atoms with van der Waals surface area (Å²) in [5.41, 5.74) is -2.03. The van der Waals surface area contributed by atoms with Gasteiger partial charge in [0.2, 0.25) is 0 Å². The lowest BCUT2D eigenvalue weighted by molar-refractivity contribution is -0.358. The number of hydrogen-bond acceptors (Lipinski definition) is 7. The van der Waals surface area contributed by atoms with Crippen molar-refractivity contribution in [1.29, 1.82) is 0 Å². The minimum Gasteiger partial charge on any atom is -0.508 e. The van der Waals surface area contributed by atoms with Crippen LogP contribution in [0.25, 0.3) is 11.0 Å². The van der Waals surface area contributed by atoms with Crippen molar-refractivity contribution in [2.24, 2.45) is 5.92 Å². The van der Waals surface area contributed by atoms with Crippen LogP contribution in [0.3, 0.4) is 0 Å². The van der Waals surface area contributed by atoms with E-state index in [1.165, 1.54) is 19.1 Å². The second kappa shape index (κ2) is 7.77. The molecule has 2 heterocycles. The van der Waals surface area contributed by atoms with Gasteiger partial charge in [-0.15, -0.1) is 0 Å². The highest BCUT2D eigenvalue weighted by atomic mass is 19.4. The predicted octanol–water partition coefficient (Wildman–Crippen LogP) is 3.59. The van der Waals surface area contributed by atoms with E-state index in [0.29, 0.717) is 0 Å². The molecular weight excluding hydrogens is 452 g/mol. The number of aliphatic hydroxyl groups is 1. The van der Waals surface area contributed by atoms with Crippen molar-refractivity contribution in [2.75, 3.05) is 6.61 Å². The zero-order valence-electron chi connectivity index (χ0n) is 16.9. The molecule has 7 nitrogen and oxygen atoms in total. The molecule has 0 aliphatic carbocycles.